The van der Waals surface area contributed by atoms with E-state index in [1.54, 1.807) is 0 Å². The van der Waals surface area contributed by atoms with E-state index in [1.165, 1.54) is 4.90 Å². The fraction of sp³-hybridized carbons (Fsp3) is 0.333. The van der Waals surface area contributed by atoms with Crippen molar-refractivity contribution in [1.29, 1.82) is 0 Å². The summed E-state index contributed by atoms with van der Waals surface area (Å²) in [5.41, 5.74) is 0.889. The number of carbonyl (C=O) groups excluding carboxylic acids is 4. The Morgan fingerprint density at radius 2 is 1.96 bits per heavy atom. The Morgan fingerprint density at radius 3 is 2.62 bits per heavy atom. The number of benzene rings is 1. The molecule has 1 aromatic rings. The van der Waals surface area contributed by atoms with Gasteiger partial charge in [0.15, 0.2) is 6.61 Å². The Kier molecular flexibility index (Phi) is 6.62. The molecule has 1 aromatic carbocycles. The largest absolute Gasteiger partial charge is 0.454 e. The van der Waals surface area contributed by atoms with Crippen LogP contribution < -0.4 is 10.6 Å². The number of amides is 4. The Morgan fingerprint density at radius 1 is 1.21 bits per heavy atom. The average Bonchev–Trinajstić information content (AvgIpc) is 2.97. The summed E-state index contributed by atoms with van der Waals surface area (Å²) in [5, 5.41) is 4.39. The number of esters is 1. The van der Waals surface area contributed by atoms with Crippen molar-refractivity contribution in [3.63, 3.8) is 0 Å². The number of nitrogens with zero attached hydrogens (tertiary/aromatic N) is 1. The van der Waals surface area contributed by atoms with Gasteiger partial charge in [-0.1, -0.05) is 42.1 Å². The lowest BCUT2D eigenvalue weighted by molar-refractivity contribution is -0.148. The van der Waals surface area contributed by atoms with Crippen molar-refractivity contribution >= 4 is 34.9 Å². The lowest BCUT2D eigenvalue weighted by Crippen LogP contribution is -2.41. The number of imide groups is 1. The van der Waals surface area contributed by atoms with Crippen LogP contribution in [0.15, 0.2) is 30.3 Å². The van der Waals surface area contributed by atoms with Gasteiger partial charge < -0.3 is 15.0 Å². The third-order valence-corrected chi connectivity index (χ3v) is 3.97. The topological polar surface area (TPSA) is 105 Å². The highest BCUT2D eigenvalue weighted by Gasteiger charge is 2.24. The molecule has 2 rings (SSSR count). The maximum absolute atomic E-state index is 11.6. The summed E-state index contributed by atoms with van der Waals surface area (Å²) in [6.07, 6.45) is 0. The zero-order valence-electron chi connectivity index (χ0n) is 12.8. The van der Waals surface area contributed by atoms with E-state index in [9.17, 15) is 19.2 Å². The summed E-state index contributed by atoms with van der Waals surface area (Å²) in [4.78, 5) is 47.3. The zero-order chi connectivity index (χ0) is 17.4. The molecule has 1 aliphatic rings. The van der Waals surface area contributed by atoms with Crippen LogP contribution in [-0.2, 0) is 20.9 Å². The summed E-state index contributed by atoms with van der Waals surface area (Å²) < 4.78 is 4.74. The number of rotatable bonds is 6. The first-order valence-corrected chi connectivity index (χ1v) is 8.22. The highest BCUT2D eigenvalue weighted by molar-refractivity contribution is 8.13. The van der Waals surface area contributed by atoms with E-state index in [1.807, 2.05) is 30.3 Å². The molecule has 128 valence electrons. The first-order valence-electron chi connectivity index (χ1n) is 7.23. The van der Waals surface area contributed by atoms with Crippen molar-refractivity contribution in [3.8, 4) is 0 Å². The van der Waals surface area contributed by atoms with Crippen LogP contribution in [0, 0.1) is 0 Å². The van der Waals surface area contributed by atoms with E-state index >= 15 is 0 Å². The fourth-order valence-electron chi connectivity index (χ4n) is 1.90. The van der Waals surface area contributed by atoms with E-state index in [0.717, 1.165) is 17.3 Å². The molecule has 0 unspecified atom stereocenters. The third-order valence-electron chi connectivity index (χ3n) is 3.08. The summed E-state index contributed by atoms with van der Waals surface area (Å²) >= 11 is 1.13. The monoisotopic (exact) mass is 351 g/mol. The Balaban J connectivity index is 1.62. The molecule has 0 aliphatic carbocycles. The molecule has 0 spiro atoms. The van der Waals surface area contributed by atoms with Crippen molar-refractivity contribution in [2.24, 2.45) is 0 Å². The van der Waals surface area contributed by atoms with Gasteiger partial charge in [-0.2, -0.15) is 0 Å². The molecule has 0 saturated carbocycles. The molecule has 0 atom stereocenters. The molecular formula is C15H17N3O5S. The molecule has 0 radical (unpaired) electrons. The van der Waals surface area contributed by atoms with Gasteiger partial charge >= 0.3 is 12.0 Å². The van der Waals surface area contributed by atoms with E-state index in [-0.39, 0.29) is 18.3 Å². The summed E-state index contributed by atoms with van der Waals surface area (Å²) in [6.45, 7) is -0.0206. The van der Waals surface area contributed by atoms with Crippen molar-refractivity contribution in [2.75, 3.05) is 25.4 Å². The molecule has 2 N–H and O–H groups in total. The lowest BCUT2D eigenvalue weighted by Gasteiger charge is -2.13. The molecule has 0 bridgehead atoms. The molecule has 0 aromatic heterocycles. The summed E-state index contributed by atoms with van der Waals surface area (Å²) in [6, 6.07) is 8.53. The maximum Gasteiger partial charge on any atom is 0.326 e. The van der Waals surface area contributed by atoms with Crippen LogP contribution in [0.3, 0.4) is 0 Å². The van der Waals surface area contributed by atoms with Crippen LogP contribution in [0.5, 0.6) is 0 Å². The minimum absolute atomic E-state index is 0.184. The number of ether oxygens (including phenoxy) is 1. The van der Waals surface area contributed by atoms with Crippen LogP contribution in [-0.4, -0.2) is 53.5 Å². The summed E-state index contributed by atoms with van der Waals surface area (Å²) in [7, 11) is 0. The van der Waals surface area contributed by atoms with E-state index < -0.39 is 24.5 Å². The molecule has 4 amide bonds. The second kappa shape index (κ2) is 8.92. The highest BCUT2D eigenvalue weighted by Crippen LogP contribution is 2.16. The van der Waals surface area contributed by atoms with Gasteiger partial charge in [-0.05, 0) is 5.56 Å². The van der Waals surface area contributed by atoms with Crippen molar-refractivity contribution < 1.29 is 23.9 Å². The molecule has 1 heterocycles. The number of hydrogen-bond donors (Lipinski definition) is 2. The molecule has 1 saturated heterocycles. The van der Waals surface area contributed by atoms with Gasteiger partial charge in [0.2, 0.25) is 0 Å². The van der Waals surface area contributed by atoms with Gasteiger partial charge in [-0.25, -0.2) is 4.79 Å². The van der Waals surface area contributed by atoms with Crippen LogP contribution in [0.25, 0.3) is 0 Å². The van der Waals surface area contributed by atoms with Gasteiger partial charge in [-0.15, -0.1) is 0 Å². The van der Waals surface area contributed by atoms with Gasteiger partial charge in [-0.3, -0.25) is 19.7 Å². The summed E-state index contributed by atoms with van der Waals surface area (Å²) in [5.74, 6) is -0.796. The van der Waals surface area contributed by atoms with Crippen molar-refractivity contribution in [2.45, 2.75) is 6.54 Å². The van der Waals surface area contributed by atoms with Crippen molar-refractivity contribution in [1.82, 2.24) is 15.5 Å². The Hall–Kier alpha value is -2.55. The van der Waals surface area contributed by atoms with Gasteiger partial charge in [0.05, 0.1) is 0 Å². The number of urea groups is 1. The van der Waals surface area contributed by atoms with E-state index in [0.29, 0.717) is 12.3 Å². The first kappa shape index (κ1) is 17.8. The number of hydrogen-bond acceptors (Lipinski definition) is 6. The first-order chi connectivity index (χ1) is 11.5. The standard InChI is InChI=1S/C15H17N3O5S/c19-12(10-23-13(20)9-18-6-7-24-15(18)22)17-14(21)16-8-11-4-2-1-3-5-11/h1-5H,6-10H2,(H2,16,17,19,21). The maximum atomic E-state index is 11.6. The van der Waals surface area contributed by atoms with Crippen molar-refractivity contribution in [3.05, 3.63) is 35.9 Å². The van der Waals surface area contributed by atoms with Gasteiger partial charge in [0, 0.05) is 18.8 Å². The van der Waals surface area contributed by atoms with Crippen LogP contribution in [0.4, 0.5) is 9.59 Å². The van der Waals surface area contributed by atoms with Crippen LogP contribution in [0.1, 0.15) is 5.56 Å². The molecule has 9 heteroatoms. The predicted octanol–water partition coefficient (Wildman–Crippen LogP) is 0.724. The third kappa shape index (κ3) is 5.92. The molecular weight excluding hydrogens is 334 g/mol. The Labute approximate surface area is 142 Å². The average molecular weight is 351 g/mol. The quantitative estimate of drug-likeness (QED) is 0.732. The van der Waals surface area contributed by atoms with Crippen LogP contribution >= 0.6 is 11.8 Å². The van der Waals surface area contributed by atoms with E-state index in [2.05, 4.69) is 10.6 Å². The highest BCUT2D eigenvalue weighted by atomic mass is 32.2. The molecule has 8 nitrogen and oxygen atoms in total. The minimum Gasteiger partial charge on any atom is -0.454 e. The Bertz CT molecular complexity index is 623. The molecule has 1 fully saturated rings. The smallest absolute Gasteiger partial charge is 0.326 e. The molecule has 24 heavy (non-hydrogen) atoms. The van der Waals surface area contributed by atoms with E-state index in [4.69, 9.17) is 4.74 Å². The second-order valence-corrected chi connectivity index (χ2v) is 5.96. The lowest BCUT2D eigenvalue weighted by atomic mass is 10.2. The number of thioether (sulfide) groups is 1. The normalized spacial score (nSPS) is 13.5. The number of nitrogens with one attached hydrogen (secondary N) is 2. The SMILES string of the molecule is O=C(COC(=O)CN1CCSC1=O)NC(=O)NCc1ccccc1. The second-order valence-electron chi connectivity index (χ2n) is 4.91. The zero-order valence-corrected chi connectivity index (χ0v) is 13.6. The minimum atomic E-state index is -0.740. The predicted molar refractivity (Wildman–Crippen MR) is 87.2 cm³/mol. The van der Waals surface area contributed by atoms with Gasteiger partial charge in [0.25, 0.3) is 11.1 Å². The molecule has 1 aliphatic heterocycles. The van der Waals surface area contributed by atoms with Gasteiger partial charge in [0.1, 0.15) is 6.54 Å². The van der Waals surface area contributed by atoms with Crippen LogP contribution in [0.2, 0.25) is 0 Å². The number of carbonyl (C=O) groups is 4. The fourth-order valence-corrected chi connectivity index (χ4v) is 2.73.